The average Bonchev–Trinajstić information content (AvgIpc) is 2.51. The van der Waals surface area contributed by atoms with Crippen molar-refractivity contribution in [1.29, 1.82) is 0 Å². The number of ether oxygens (including phenoxy) is 2. The molecule has 0 aromatic carbocycles. The molecule has 1 rings (SSSR count). The summed E-state index contributed by atoms with van der Waals surface area (Å²) in [4.78, 5) is 22.3. The molecule has 0 amide bonds. The lowest BCUT2D eigenvalue weighted by Gasteiger charge is -2.10. The van der Waals surface area contributed by atoms with Gasteiger partial charge in [0.25, 0.3) is 0 Å². The maximum atomic E-state index is 11.2. The number of cyclic esters (lactones) is 1. The second-order valence-electron chi connectivity index (χ2n) is 3.01. The van der Waals surface area contributed by atoms with Crippen molar-refractivity contribution in [3.63, 3.8) is 0 Å². The summed E-state index contributed by atoms with van der Waals surface area (Å²) >= 11 is 0. The number of rotatable bonds is 4. The zero-order valence-corrected chi connectivity index (χ0v) is 8.36. The van der Waals surface area contributed by atoms with E-state index in [2.05, 4.69) is 11.3 Å². The molecule has 0 fully saturated rings. The number of carbonyl (C=O) groups excluding carboxylic acids is 2. The summed E-state index contributed by atoms with van der Waals surface area (Å²) in [7, 11) is 1.18. The van der Waals surface area contributed by atoms with E-state index in [4.69, 9.17) is 4.74 Å². The molecule has 15 heavy (non-hydrogen) atoms. The normalized spacial score (nSPS) is 20.1. The van der Waals surface area contributed by atoms with Crippen molar-refractivity contribution in [3.8, 4) is 0 Å². The molecule has 0 aromatic heterocycles. The first-order valence-corrected chi connectivity index (χ1v) is 4.45. The smallest absolute Gasteiger partial charge is 0.374 e. The third kappa shape index (κ3) is 2.18. The Morgan fingerprint density at radius 2 is 2.40 bits per heavy atom. The highest BCUT2D eigenvalue weighted by Gasteiger charge is 2.38. The van der Waals surface area contributed by atoms with Crippen molar-refractivity contribution in [2.75, 3.05) is 7.11 Å². The topological polar surface area (TPSA) is 72.8 Å². The zero-order chi connectivity index (χ0) is 11.4. The number of carbonyl (C=O) groups is 2. The Balaban J connectivity index is 2.87. The first-order chi connectivity index (χ1) is 7.11. The van der Waals surface area contributed by atoms with Crippen molar-refractivity contribution in [2.24, 2.45) is 0 Å². The summed E-state index contributed by atoms with van der Waals surface area (Å²) in [6.45, 7) is 3.51. The monoisotopic (exact) mass is 212 g/mol. The Labute approximate surface area is 87.0 Å². The van der Waals surface area contributed by atoms with Crippen molar-refractivity contribution in [2.45, 2.75) is 18.9 Å². The second kappa shape index (κ2) is 4.63. The van der Waals surface area contributed by atoms with E-state index in [0.29, 0.717) is 12.8 Å². The van der Waals surface area contributed by atoms with E-state index in [9.17, 15) is 14.7 Å². The van der Waals surface area contributed by atoms with Crippen molar-refractivity contribution >= 4 is 11.9 Å². The SMILES string of the molecule is C=CCCC1OC(=O)C(O)=C1C(=O)OC. The second-order valence-corrected chi connectivity index (χ2v) is 3.01. The molecule has 1 aliphatic heterocycles. The molecule has 5 nitrogen and oxygen atoms in total. The highest BCUT2D eigenvalue weighted by Crippen LogP contribution is 2.25. The van der Waals surface area contributed by atoms with Gasteiger partial charge in [-0.1, -0.05) is 6.08 Å². The maximum Gasteiger partial charge on any atom is 0.374 e. The number of hydrogen-bond acceptors (Lipinski definition) is 5. The summed E-state index contributed by atoms with van der Waals surface area (Å²) in [5.41, 5.74) is -0.107. The Hall–Kier alpha value is -1.78. The van der Waals surface area contributed by atoms with Gasteiger partial charge >= 0.3 is 11.9 Å². The van der Waals surface area contributed by atoms with Gasteiger partial charge in [0, 0.05) is 0 Å². The van der Waals surface area contributed by atoms with Crippen molar-refractivity contribution < 1.29 is 24.2 Å². The van der Waals surface area contributed by atoms with Crippen LogP contribution in [0.5, 0.6) is 0 Å². The molecule has 1 unspecified atom stereocenters. The minimum atomic E-state index is -0.885. The molecule has 1 aliphatic rings. The van der Waals surface area contributed by atoms with Crippen molar-refractivity contribution in [1.82, 2.24) is 0 Å². The lowest BCUT2D eigenvalue weighted by atomic mass is 10.1. The molecule has 0 spiro atoms. The largest absolute Gasteiger partial charge is 0.501 e. The number of aliphatic hydroxyl groups excluding tert-OH is 1. The van der Waals surface area contributed by atoms with Crippen LogP contribution in [0.25, 0.3) is 0 Å². The van der Waals surface area contributed by atoms with E-state index in [0.717, 1.165) is 0 Å². The van der Waals surface area contributed by atoms with Crippen LogP contribution < -0.4 is 0 Å². The first kappa shape index (κ1) is 11.3. The van der Waals surface area contributed by atoms with Crippen LogP contribution in [0.2, 0.25) is 0 Å². The summed E-state index contributed by atoms with van der Waals surface area (Å²) in [5.74, 6) is -2.28. The number of hydrogen-bond donors (Lipinski definition) is 1. The summed E-state index contributed by atoms with van der Waals surface area (Å²) < 4.78 is 9.25. The van der Waals surface area contributed by atoms with E-state index >= 15 is 0 Å². The van der Waals surface area contributed by atoms with Gasteiger partial charge in [-0.3, -0.25) is 0 Å². The molecular formula is C10H12O5. The Kier molecular flexibility index (Phi) is 3.49. The number of aliphatic hydroxyl groups is 1. The minimum absolute atomic E-state index is 0.107. The van der Waals surface area contributed by atoms with Gasteiger partial charge in [-0.05, 0) is 12.8 Å². The molecule has 0 saturated heterocycles. The fourth-order valence-corrected chi connectivity index (χ4v) is 1.32. The molecule has 82 valence electrons. The van der Waals surface area contributed by atoms with Gasteiger partial charge in [0.1, 0.15) is 11.7 Å². The maximum absolute atomic E-state index is 11.2. The van der Waals surface area contributed by atoms with Gasteiger partial charge in [0.2, 0.25) is 5.76 Å². The van der Waals surface area contributed by atoms with Gasteiger partial charge in [-0.15, -0.1) is 6.58 Å². The van der Waals surface area contributed by atoms with E-state index in [1.165, 1.54) is 7.11 Å². The van der Waals surface area contributed by atoms with Gasteiger partial charge in [-0.2, -0.15) is 0 Å². The zero-order valence-electron chi connectivity index (χ0n) is 8.36. The Morgan fingerprint density at radius 3 is 2.93 bits per heavy atom. The van der Waals surface area contributed by atoms with Gasteiger partial charge < -0.3 is 14.6 Å². The molecule has 5 heteroatoms. The van der Waals surface area contributed by atoms with Crippen LogP contribution >= 0.6 is 0 Å². The van der Waals surface area contributed by atoms with E-state index in [1.807, 2.05) is 0 Å². The molecule has 1 atom stereocenters. The molecular weight excluding hydrogens is 200 g/mol. The summed E-state index contributed by atoms with van der Waals surface area (Å²) in [5, 5.41) is 9.31. The predicted octanol–water partition coefficient (Wildman–Crippen LogP) is 0.863. The molecule has 1 heterocycles. The summed E-state index contributed by atoms with van der Waals surface area (Å²) in [6.07, 6.45) is 1.89. The lowest BCUT2D eigenvalue weighted by Crippen LogP contribution is -2.18. The highest BCUT2D eigenvalue weighted by atomic mass is 16.6. The Bertz CT molecular complexity index is 329. The minimum Gasteiger partial charge on any atom is -0.501 e. The molecule has 0 aliphatic carbocycles. The fourth-order valence-electron chi connectivity index (χ4n) is 1.32. The molecule has 0 bridgehead atoms. The summed E-state index contributed by atoms with van der Waals surface area (Å²) in [6, 6.07) is 0. The highest BCUT2D eigenvalue weighted by molar-refractivity contribution is 6.02. The quantitative estimate of drug-likeness (QED) is 0.552. The van der Waals surface area contributed by atoms with Crippen LogP contribution in [-0.4, -0.2) is 30.3 Å². The van der Waals surface area contributed by atoms with E-state index in [-0.39, 0.29) is 5.57 Å². The van der Waals surface area contributed by atoms with Crippen LogP contribution in [0.3, 0.4) is 0 Å². The predicted molar refractivity (Wildman–Crippen MR) is 51.0 cm³/mol. The van der Waals surface area contributed by atoms with Crippen LogP contribution in [0.4, 0.5) is 0 Å². The van der Waals surface area contributed by atoms with Crippen LogP contribution in [0, 0.1) is 0 Å². The van der Waals surface area contributed by atoms with Gasteiger partial charge in [0.05, 0.1) is 7.11 Å². The molecule has 0 saturated carbocycles. The third-order valence-electron chi connectivity index (χ3n) is 2.06. The Morgan fingerprint density at radius 1 is 1.73 bits per heavy atom. The lowest BCUT2D eigenvalue weighted by molar-refractivity contribution is -0.142. The standard InChI is InChI=1S/C10H12O5/c1-3-4-5-6-7(9(12)14-2)8(11)10(13)15-6/h3,6,11H,1,4-5H2,2H3. The van der Waals surface area contributed by atoms with Gasteiger partial charge in [0.15, 0.2) is 0 Å². The fraction of sp³-hybridized carbons (Fsp3) is 0.400. The van der Waals surface area contributed by atoms with Crippen LogP contribution in [-0.2, 0) is 19.1 Å². The molecule has 1 N–H and O–H groups in total. The van der Waals surface area contributed by atoms with Crippen LogP contribution in [0.15, 0.2) is 24.0 Å². The van der Waals surface area contributed by atoms with Crippen molar-refractivity contribution in [3.05, 3.63) is 24.0 Å². The van der Waals surface area contributed by atoms with Crippen LogP contribution in [0.1, 0.15) is 12.8 Å². The number of esters is 2. The number of allylic oxidation sites excluding steroid dienone is 1. The number of methoxy groups -OCH3 is 1. The van der Waals surface area contributed by atoms with Gasteiger partial charge in [-0.25, -0.2) is 9.59 Å². The molecule has 0 aromatic rings. The first-order valence-electron chi connectivity index (χ1n) is 4.45. The average molecular weight is 212 g/mol. The van der Waals surface area contributed by atoms with E-state index < -0.39 is 23.8 Å². The third-order valence-corrected chi connectivity index (χ3v) is 2.06. The molecule has 0 radical (unpaired) electrons. The van der Waals surface area contributed by atoms with E-state index in [1.54, 1.807) is 6.08 Å².